The molecule has 3 aromatic rings. The van der Waals surface area contributed by atoms with Crippen molar-refractivity contribution >= 4 is 46.6 Å². The Bertz CT molecular complexity index is 1140. The Labute approximate surface area is 215 Å². The molecule has 0 saturated heterocycles. The minimum absolute atomic E-state index is 0.0658. The van der Waals surface area contributed by atoms with Crippen molar-refractivity contribution in [1.29, 1.82) is 0 Å². The summed E-state index contributed by atoms with van der Waals surface area (Å²) >= 11 is 18.4. The van der Waals surface area contributed by atoms with Gasteiger partial charge in [0.1, 0.15) is 6.04 Å². The van der Waals surface area contributed by atoms with Gasteiger partial charge in [0.15, 0.2) is 0 Å². The van der Waals surface area contributed by atoms with Gasteiger partial charge in [0.05, 0.1) is 16.5 Å². The molecule has 3 aromatic carbocycles. The fourth-order valence-electron chi connectivity index (χ4n) is 3.69. The molecule has 0 heterocycles. The summed E-state index contributed by atoms with van der Waals surface area (Å²) in [5.74, 6) is -0.401. The molecule has 0 aliphatic carbocycles. The lowest BCUT2D eigenvalue weighted by molar-refractivity contribution is -0.141. The van der Waals surface area contributed by atoms with Gasteiger partial charge in [-0.25, -0.2) is 0 Å². The SMILES string of the molecule is CC(C)NC(=O)[C@H](Cc1ccccc1)N(Cc1cccc(Cl)c1)C(=O)Cc1ccc(Cl)c(Cl)c1. The second kappa shape index (κ2) is 12.3. The van der Waals surface area contributed by atoms with E-state index in [1.54, 1.807) is 35.2 Å². The Hall–Kier alpha value is -2.53. The number of halogens is 3. The first-order valence-electron chi connectivity index (χ1n) is 11.0. The maximum Gasteiger partial charge on any atom is 0.243 e. The number of amides is 2. The third-order valence-corrected chi connectivity index (χ3v) is 6.26. The van der Waals surface area contributed by atoms with Crippen molar-refractivity contribution in [3.8, 4) is 0 Å². The summed E-state index contributed by atoms with van der Waals surface area (Å²) in [7, 11) is 0. The summed E-state index contributed by atoms with van der Waals surface area (Å²) < 4.78 is 0. The molecule has 0 aliphatic heterocycles. The van der Waals surface area contributed by atoms with E-state index < -0.39 is 6.04 Å². The van der Waals surface area contributed by atoms with E-state index in [0.717, 1.165) is 16.7 Å². The molecule has 2 amide bonds. The lowest BCUT2D eigenvalue weighted by atomic mass is 10.0. The van der Waals surface area contributed by atoms with Crippen LogP contribution in [0.4, 0.5) is 0 Å². The number of hydrogen-bond donors (Lipinski definition) is 1. The molecule has 0 aromatic heterocycles. The van der Waals surface area contributed by atoms with Crippen molar-refractivity contribution in [2.24, 2.45) is 0 Å². The van der Waals surface area contributed by atoms with Gasteiger partial charge in [0.2, 0.25) is 11.8 Å². The van der Waals surface area contributed by atoms with Crippen molar-refractivity contribution in [3.05, 3.63) is 105 Å². The highest BCUT2D eigenvalue weighted by Gasteiger charge is 2.30. The number of carbonyl (C=O) groups excluding carboxylic acids is 2. The maximum atomic E-state index is 13.7. The van der Waals surface area contributed by atoms with Gasteiger partial charge >= 0.3 is 0 Å². The molecule has 0 aliphatic rings. The predicted octanol–water partition coefficient (Wildman–Crippen LogP) is 6.35. The predicted molar refractivity (Wildman–Crippen MR) is 139 cm³/mol. The van der Waals surface area contributed by atoms with Crippen molar-refractivity contribution in [1.82, 2.24) is 10.2 Å². The smallest absolute Gasteiger partial charge is 0.243 e. The van der Waals surface area contributed by atoms with E-state index in [1.165, 1.54) is 0 Å². The number of carbonyl (C=O) groups is 2. The molecule has 4 nitrogen and oxygen atoms in total. The Balaban J connectivity index is 1.98. The number of nitrogens with zero attached hydrogens (tertiary/aromatic N) is 1. The van der Waals surface area contributed by atoms with Crippen molar-refractivity contribution < 1.29 is 9.59 Å². The standard InChI is InChI=1S/C27H27Cl3N2O2/c1-18(2)31-27(34)25(15-19-7-4-3-5-8-19)32(17-21-9-6-10-22(28)13-21)26(33)16-20-11-12-23(29)24(30)14-20/h3-14,18,25H,15-17H2,1-2H3,(H,31,34)/t25-/m0/s1. The summed E-state index contributed by atoms with van der Waals surface area (Å²) in [4.78, 5) is 28.6. The molecule has 1 atom stereocenters. The van der Waals surface area contributed by atoms with E-state index in [0.29, 0.717) is 21.5 Å². The van der Waals surface area contributed by atoms with Crippen molar-refractivity contribution in [2.45, 2.75) is 45.3 Å². The second-order valence-corrected chi connectivity index (χ2v) is 9.70. The molecule has 0 saturated carbocycles. The van der Waals surface area contributed by atoms with Crippen LogP contribution in [-0.2, 0) is 29.0 Å². The third-order valence-electron chi connectivity index (χ3n) is 5.28. The van der Waals surface area contributed by atoms with Gasteiger partial charge in [0.25, 0.3) is 0 Å². The van der Waals surface area contributed by atoms with Gasteiger partial charge in [-0.3, -0.25) is 9.59 Å². The highest BCUT2D eigenvalue weighted by Crippen LogP contribution is 2.24. The Morgan fingerprint density at radius 1 is 0.824 bits per heavy atom. The molecule has 34 heavy (non-hydrogen) atoms. The van der Waals surface area contributed by atoms with E-state index in [4.69, 9.17) is 34.8 Å². The van der Waals surface area contributed by atoms with Gasteiger partial charge < -0.3 is 10.2 Å². The first-order valence-corrected chi connectivity index (χ1v) is 12.2. The molecule has 3 rings (SSSR count). The van der Waals surface area contributed by atoms with Crippen LogP contribution in [0, 0.1) is 0 Å². The van der Waals surface area contributed by atoms with E-state index in [1.807, 2.05) is 56.3 Å². The van der Waals surface area contributed by atoms with Crippen molar-refractivity contribution in [2.75, 3.05) is 0 Å². The molecule has 0 unspecified atom stereocenters. The quantitative estimate of drug-likeness (QED) is 0.359. The van der Waals surface area contributed by atoms with E-state index in [-0.39, 0.29) is 30.8 Å². The Morgan fingerprint density at radius 2 is 1.53 bits per heavy atom. The van der Waals surface area contributed by atoms with Gasteiger partial charge in [-0.15, -0.1) is 0 Å². The first kappa shape index (κ1) is 26.1. The summed E-state index contributed by atoms with van der Waals surface area (Å²) in [6, 6.07) is 21.3. The summed E-state index contributed by atoms with van der Waals surface area (Å²) in [6.07, 6.45) is 0.463. The fourth-order valence-corrected chi connectivity index (χ4v) is 4.23. The fraction of sp³-hybridized carbons (Fsp3) is 0.259. The Kier molecular flexibility index (Phi) is 9.40. The Morgan fingerprint density at radius 3 is 2.18 bits per heavy atom. The van der Waals surface area contributed by atoms with Crippen LogP contribution in [0.2, 0.25) is 15.1 Å². The number of rotatable bonds is 9. The molecule has 0 spiro atoms. The zero-order chi connectivity index (χ0) is 24.7. The average molecular weight is 518 g/mol. The summed E-state index contributed by atoms with van der Waals surface area (Å²) in [6.45, 7) is 4.04. The zero-order valence-corrected chi connectivity index (χ0v) is 21.4. The van der Waals surface area contributed by atoms with Crippen LogP contribution >= 0.6 is 34.8 Å². The van der Waals surface area contributed by atoms with Crippen molar-refractivity contribution in [3.63, 3.8) is 0 Å². The highest BCUT2D eigenvalue weighted by atomic mass is 35.5. The van der Waals surface area contributed by atoms with Crippen LogP contribution in [-0.4, -0.2) is 28.8 Å². The summed E-state index contributed by atoms with van der Waals surface area (Å²) in [5, 5.41) is 4.35. The molecule has 0 fully saturated rings. The monoisotopic (exact) mass is 516 g/mol. The highest BCUT2D eigenvalue weighted by molar-refractivity contribution is 6.42. The molecule has 7 heteroatoms. The average Bonchev–Trinajstić information content (AvgIpc) is 2.79. The van der Waals surface area contributed by atoms with E-state index >= 15 is 0 Å². The molecule has 0 bridgehead atoms. The first-order chi connectivity index (χ1) is 16.2. The van der Waals surface area contributed by atoms with Gasteiger partial charge in [-0.05, 0) is 54.8 Å². The topological polar surface area (TPSA) is 49.4 Å². The minimum atomic E-state index is -0.709. The normalized spacial score (nSPS) is 11.8. The number of nitrogens with one attached hydrogen (secondary N) is 1. The molecule has 0 radical (unpaired) electrons. The minimum Gasteiger partial charge on any atom is -0.352 e. The van der Waals surface area contributed by atoms with Crippen LogP contribution < -0.4 is 5.32 Å². The lowest BCUT2D eigenvalue weighted by Gasteiger charge is -2.32. The number of hydrogen-bond acceptors (Lipinski definition) is 2. The van der Waals surface area contributed by atoms with E-state index in [9.17, 15) is 9.59 Å². The zero-order valence-electron chi connectivity index (χ0n) is 19.1. The van der Waals surface area contributed by atoms with Crippen LogP contribution in [0.3, 0.4) is 0 Å². The number of benzene rings is 3. The van der Waals surface area contributed by atoms with Gasteiger partial charge in [-0.1, -0.05) is 83.3 Å². The molecule has 178 valence electrons. The molecular weight excluding hydrogens is 491 g/mol. The lowest BCUT2D eigenvalue weighted by Crippen LogP contribution is -2.52. The van der Waals surface area contributed by atoms with Crippen LogP contribution in [0.15, 0.2) is 72.8 Å². The maximum absolute atomic E-state index is 13.7. The second-order valence-electron chi connectivity index (χ2n) is 8.45. The van der Waals surface area contributed by atoms with E-state index in [2.05, 4.69) is 5.32 Å². The molecular formula is C27H27Cl3N2O2. The molecule has 1 N–H and O–H groups in total. The van der Waals surface area contributed by atoms with Gasteiger partial charge in [0, 0.05) is 24.0 Å². The van der Waals surface area contributed by atoms with Crippen LogP contribution in [0.1, 0.15) is 30.5 Å². The van der Waals surface area contributed by atoms with Crippen LogP contribution in [0.5, 0.6) is 0 Å². The van der Waals surface area contributed by atoms with Crippen LogP contribution in [0.25, 0.3) is 0 Å². The van der Waals surface area contributed by atoms with Gasteiger partial charge in [-0.2, -0.15) is 0 Å². The largest absolute Gasteiger partial charge is 0.352 e. The third kappa shape index (κ3) is 7.49. The summed E-state index contributed by atoms with van der Waals surface area (Å²) in [5.41, 5.74) is 2.52.